The van der Waals surface area contributed by atoms with Crippen molar-refractivity contribution in [3.05, 3.63) is 51.4 Å². The minimum Gasteiger partial charge on any atom is -0.505 e. The van der Waals surface area contributed by atoms with Crippen LogP contribution in [0, 0.1) is 0 Å². The van der Waals surface area contributed by atoms with E-state index in [4.69, 9.17) is 17.4 Å². The van der Waals surface area contributed by atoms with Crippen molar-refractivity contribution < 1.29 is 9.90 Å². The van der Waals surface area contributed by atoms with Crippen molar-refractivity contribution in [2.24, 2.45) is 5.84 Å². The molecule has 2 rings (SSSR count). The normalized spacial score (nSPS) is 10.2. The smallest absolute Gasteiger partial charge is 0.289 e. The second-order valence-electron chi connectivity index (χ2n) is 3.55. The molecule has 0 aliphatic heterocycles. The van der Waals surface area contributed by atoms with Gasteiger partial charge < -0.3 is 5.11 Å². The number of aromatic hydroxyl groups is 1. The van der Waals surface area contributed by atoms with E-state index in [-0.39, 0.29) is 10.7 Å². The number of aromatic nitrogens is 2. The van der Waals surface area contributed by atoms with Crippen LogP contribution in [0.25, 0.3) is 5.69 Å². The molecule has 1 amide bonds. The van der Waals surface area contributed by atoms with E-state index in [9.17, 15) is 14.7 Å². The Labute approximate surface area is 112 Å². The van der Waals surface area contributed by atoms with Gasteiger partial charge >= 0.3 is 0 Å². The van der Waals surface area contributed by atoms with Crippen LogP contribution in [-0.2, 0) is 0 Å². The molecule has 19 heavy (non-hydrogen) atoms. The molecule has 0 radical (unpaired) electrons. The van der Waals surface area contributed by atoms with Crippen LogP contribution in [0.3, 0.4) is 0 Å². The van der Waals surface area contributed by atoms with Crippen LogP contribution in [0.4, 0.5) is 0 Å². The van der Waals surface area contributed by atoms with Gasteiger partial charge in [-0.2, -0.15) is 9.78 Å². The van der Waals surface area contributed by atoms with Gasteiger partial charge in [-0.25, -0.2) is 5.84 Å². The number of para-hydroxylation sites is 1. The van der Waals surface area contributed by atoms with Gasteiger partial charge in [-0.05, 0) is 12.1 Å². The molecule has 0 aliphatic carbocycles. The number of nitrogen functional groups attached to an aromatic ring is 1. The van der Waals surface area contributed by atoms with Crippen LogP contribution in [-0.4, -0.2) is 20.8 Å². The highest BCUT2D eigenvalue weighted by Crippen LogP contribution is 2.19. The number of carbonyl (C=O) groups is 1. The Morgan fingerprint density at radius 2 is 2.11 bits per heavy atom. The largest absolute Gasteiger partial charge is 0.505 e. The molecule has 1 aromatic carbocycles. The summed E-state index contributed by atoms with van der Waals surface area (Å²) >= 11 is 5.95. The number of amides is 1. The summed E-state index contributed by atoms with van der Waals surface area (Å²) < 4.78 is 0.909. The van der Waals surface area contributed by atoms with Crippen molar-refractivity contribution in [2.45, 2.75) is 0 Å². The topological polar surface area (TPSA) is 110 Å². The first-order chi connectivity index (χ1) is 9.04. The fourth-order valence-electron chi connectivity index (χ4n) is 1.47. The average molecular weight is 281 g/mol. The quantitative estimate of drug-likeness (QED) is 0.413. The van der Waals surface area contributed by atoms with Gasteiger partial charge in [-0.15, -0.1) is 0 Å². The third kappa shape index (κ3) is 2.42. The number of halogens is 1. The number of benzene rings is 1. The SMILES string of the molecule is NNC(=O)c1nn(-c2ccccc2Cl)c(=O)cc1O. The molecular formula is C11H9ClN4O3. The van der Waals surface area contributed by atoms with Gasteiger partial charge in [0, 0.05) is 6.07 Å². The Kier molecular flexibility index (Phi) is 3.50. The van der Waals surface area contributed by atoms with Crippen LogP contribution in [0.15, 0.2) is 35.1 Å². The van der Waals surface area contributed by atoms with E-state index in [1.165, 1.54) is 0 Å². The monoisotopic (exact) mass is 280 g/mol. The standard InChI is InChI=1S/C11H9ClN4O3/c12-6-3-1-2-4-7(6)16-9(18)5-8(17)10(15-16)11(19)14-13/h1-5,17H,13H2,(H,14,19). The summed E-state index contributed by atoms with van der Waals surface area (Å²) in [7, 11) is 0. The van der Waals surface area contributed by atoms with Crippen molar-refractivity contribution in [2.75, 3.05) is 0 Å². The molecule has 7 nitrogen and oxygen atoms in total. The van der Waals surface area contributed by atoms with E-state index in [0.717, 1.165) is 10.7 Å². The lowest BCUT2D eigenvalue weighted by molar-refractivity contribution is 0.0943. The Morgan fingerprint density at radius 1 is 1.42 bits per heavy atom. The van der Waals surface area contributed by atoms with E-state index >= 15 is 0 Å². The first-order valence-electron chi connectivity index (χ1n) is 5.14. The van der Waals surface area contributed by atoms with Crippen molar-refractivity contribution in [3.8, 4) is 11.4 Å². The summed E-state index contributed by atoms with van der Waals surface area (Å²) in [6.07, 6.45) is 0. The molecule has 0 fully saturated rings. The van der Waals surface area contributed by atoms with Gasteiger partial charge in [-0.1, -0.05) is 23.7 Å². The Morgan fingerprint density at radius 3 is 2.74 bits per heavy atom. The minimum absolute atomic E-state index is 0.280. The molecule has 0 spiro atoms. The molecule has 1 aromatic heterocycles. The maximum absolute atomic E-state index is 11.8. The Balaban J connectivity index is 2.68. The van der Waals surface area contributed by atoms with Crippen molar-refractivity contribution in [3.63, 3.8) is 0 Å². The number of nitrogens with two attached hydrogens (primary N) is 1. The van der Waals surface area contributed by atoms with E-state index in [1.54, 1.807) is 24.3 Å². The number of hydrogen-bond donors (Lipinski definition) is 3. The fourth-order valence-corrected chi connectivity index (χ4v) is 1.69. The van der Waals surface area contributed by atoms with Gasteiger partial charge in [0.05, 0.1) is 10.7 Å². The molecule has 1 heterocycles. The molecule has 0 saturated carbocycles. The highest BCUT2D eigenvalue weighted by Gasteiger charge is 2.16. The lowest BCUT2D eigenvalue weighted by Gasteiger charge is -2.09. The van der Waals surface area contributed by atoms with E-state index in [0.29, 0.717) is 5.69 Å². The second-order valence-corrected chi connectivity index (χ2v) is 3.96. The van der Waals surface area contributed by atoms with Crippen LogP contribution in [0.5, 0.6) is 5.75 Å². The van der Waals surface area contributed by atoms with E-state index in [2.05, 4.69) is 5.10 Å². The molecular weight excluding hydrogens is 272 g/mol. The third-order valence-corrected chi connectivity index (χ3v) is 2.66. The summed E-state index contributed by atoms with van der Waals surface area (Å²) in [5.74, 6) is 3.59. The van der Waals surface area contributed by atoms with Crippen molar-refractivity contribution in [1.82, 2.24) is 15.2 Å². The van der Waals surface area contributed by atoms with Crippen LogP contribution in [0.2, 0.25) is 5.02 Å². The van der Waals surface area contributed by atoms with Gasteiger partial charge in [0.2, 0.25) is 0 Å². The first kappa shape index (κ1) is 13.1. The zero-order chi connectivity index (χ0) is 14.0. The molecule has 0 aliphatic rings. The highest BCUT2D eigenvalue weighted by atomic mass is 35.5. The van der Waals surface area contributed by atoms with E-state index < -0.39 is 17.2 Å². The van der Waals surface area contributed by atoms with Crippen LogP contribution < -0.4 is 16.8 Å². The van der Waals surface area contributed by atoms with Crippen molar-refractivity contribution >= 4 is 17.5 Å². The summed E-state index contributed by atoms with van der Waals surface area (Å²) in [4.78, 5) is 23.2. The summed E-state index contributed by atoms with van der Waals surface area (Å²) in [6, 6.07) is 7.33. The average Bonchev–Trinajstić information content (AvgIpc) is 2.39. The summed E-state index contributed by atoms with van der Waals surface area (Å²) in [5, 5.41) is 13.5. The second kappa shape index (κ2) is 5.09. The zero-order valence-corrected chi connectivity index (χ0v) is 10.3. The number of nitrogens with one attached hydrogen (secondary N) is 1. The third-order valence-electron chi connectivity index (χ3n) is 2.34. The molecule has 2 aromatic rings. The Hall–Kier alpha value is -2.38. The van der Waals surface area contributed by atoms with Crippen molar-refractivity contribution in [1.29, 1.82) is 0 Å². The summed E-state index contributed by atoms with van der Waals surface area (Å²) in [6.45, 7) is 0. The lowest BCUT2D eigenvalue weighted by atomic mass is 10.3. The maximum Gasteiger partial charge on any atom is 0.289 e. The number of rotatable bonds is 2. The highest BCUT2D eigenvalue weighted by molar-refractivity contribution is 6.32. The lowest BCUT2D eigenvalue weighted by Crippen LogP contribution is -2.33. The predicted molar refractivity (Wildman–Crippen MR) is 68.2 cm³/mol. The number of nitrogens with zero attached hydrogens (tertiary/aromatic N) is 2. The molecule has 0 saturated heterocycles. The molecule has 98 valence electrons. The maximum atomic E-state index is 11.8. The predicted octanol–water partition coefficient (Wildman–Crippen LogP) is 0.195. The molecule has 4 N–H and O–H groups in total. The van der Waals surface area contributed by atoms with Crippen LogP contribution in [0.1, 0.15) is 10.5 Å². The molecule has 0 atom stereocenters. The Bertz CT molecular complexity index is 699. The van der Waals surface area contributed by atoms with Gasteiger partial charge in [0.25, 0.3) is 11.5 Å². The number of hydrogen-bond acceptors (Lipinski definition) is 5. The fraction of sp³-hybridized carbons (Fsp3) is 0. The van der Waals surface area contributed by atoms with Gasteiger partial charge in [0.1, 0.15) is 0 Å². The molecule has 0 bridgehead atoms. The number of carbonyl (C=O) groups excluding carboxylic acids is 1. The molecule has 8 heteroatoms. The minimum atomic E-state index is -0.821. The van der Waals surface area contributed by atoms with Gasteiger partial charge in [-0.3, -0.25) is 15.0 Å². The first-order valence-corrected chi connectivity index (χ1v) is 5.51. The van der Waals surface area contributed by atoms with E-state index in [1.807, 2.05) is 5.43 Å². The number of hydrazine groups is 1. The zero-order valence-electron chi connectivity index (χ0n) is 9.50. The molecule has 0 unspecified atom stereocenters. The summed E-state index contributed by atoms with van der Waals surface area (Å²) in [5.41, 5.74) is 1.12. The van der Waals surface area contributed by atoms with Crippen LogP contribution >= 0.6 is 11.6 Å². The van der Waals surface area contributed by atoms with Gasteiger partial charge in [0.15, 0.2) is 11.4 Å².